The quantitative estimate of drug-likeness (QED) is 0.916. The van der Waals surface area contributed by atoms with Gasteiger partial charge in [-0.2, -0.15) is 5.10 Å². The third-order valence-electron chi connectivity index (χ3n) is 5.44. The highest BCUT2D eigenvalue weighted by Gasteiger charge is 2.31. The fourth-order valence-corrected chi connectivity index (χ4v) is 5.07. The van der Waals surface area contributed by atoms with E-state index in [0.717, 1.165) is 48.2 Å². The van der Waals surface area contributed by atoms with Gasteiger partial charge in [0.15, 0.2) is 0 Å². The minimum Gasteiger partial charge on any atom is -0.310 e. The molecule has 0 unspecified atom stereocenters. The number of nitrogens with one attached hydrogen (secondary N) is 1. The number of hydrogen-bond donors (Lipinski definition) is 1. The monoisotopic (exact) mass is 357 g/mol. The molecule has 2 aliphatic rings. The first-order valence-corrected chi connectivity index (χ1v) is 10.4. The van der Waals surface area contributed by atoms with Crippen LogP contribution in [0, 0.1) is 19.8 Å². The molecule has 1 fully saturated rings. The maximum absolute atomic E-state index is 12.7. The minimum absolute atomic E-state index is 0.0736. The Labute approximate surface area is 150 Å². The summed E-state index contributed by atoms with van der Waals surface area (Å²) in [5.74, 6) is 1.82. The molecule has 1 N–H and O–H groups in total. The number of carbonyl (C=O) groups excluding carboxylic acids is 1. The molecule has 2 heterocycles. The summed E-state index contributed by atoms with van der Waals surface area (Å²) in [5, 5.41) is 7.83. The van der Waals surface area contributed by atoms with E-state index in [-0.39, 0.29) is 11.8 Å². The van der Waals surface area contributed by atoms with Gasteiger partial charge in [-0.1, -0.05) is 25.0 Å². The second-order valence-electron chi connectivity index (χ2n) is 7.10. The highest BCUT2D eigenvalue weighted by atomic mass is 32.2. The number of aryl methyl sites for hydroxylation is 1. The molecule has 1 amide bonds. The molecule has 4 rings (SSSR count). The van der Waals surface area contributed by atoms with Crippen molar-refractivity contribution in [3.05, 3.63) is 40.6 Å². The van der Waals surface area contributed by atoms with E-state index in [9.17, 15) is 9.00 Å². The summed E-state index contributed by atoms with van der Waals surface area (Å²) in [6, 6.07) is 6.10. The molecule has 132 valence electrons. The van der Waals surface area contributed by atoms with Crippen molar-refractivity contribution in [3.63, 3.8) is 0 Å². The molecule has 0 saturated heterocycles. The lowest BCUT2D eigenvalue weighted by atomic mass is 10.1. The number of rotatable bonds is 3. The van der Waals surface area contributed by atoms with Gasteiger partial charge in [0.25, 0.3) is 0 Å². The summed E-state index contributed by atoms with van der Waals surface area (Å²) in [6.07, 6.45) is 4.15. The average Bonchev–Trinajstić information content (AvgIpc) is 3.28. The second-order valence-corrected chi connectivity index (χ2v) is 8.56. The van der Waals surface area contributed by atoms with E-state index in [4.69, 9.17) is 5.10 Å². The summed E-state index contributed by atoms with van der Waals surface area (Å²) in [4.78, 5) is 12.7. The molecule has 0 bridgehead atoms. The molecule has 0 radical (unpaired) electrons. The Morgan fingerprint density at radius 1 is 1.24 bits per heavy atom. The fourth-order valence-electron chi connectivity index (χ4n) is 3.80. The van der Waals surface area contributed by atoms with Gasteiger partial charge >= 0.3 is 0 Å². The number of anilines is 1. The molecule has 0 spiro atoms. The van der Waals surface area contributed by atoms with Crippen LogP contribution in [0.1, 0.15) is 48.1 Å². The molecule has 1 saturated carbocycles. The molecule has 2 aromatic rings. The predicted octanol–water partition coefficient (Wildman–Crippen LogP) is 3.38. The van der Waals surface area contributed by atoms with Crippen molar-refractivity contribution in [2.75, 3.05) is 5.32 Å². The van der Waals surface area contributed by atoms with E-state index in [1.807, 2.05) is 16.8 Å². The zero-order valence-electron chi connectivity index (χ0n) is 14.7. The van der Waals surface area contributed by atoms with Gasteiger partial charge in [-0.3, -0.25) is 9.00 Å². The topological polar surface area (TPSA) is 64.0 Å². The first kappa shape index (κ1) is 16.5. The number of fused-ring (bicyclic) bond motifs is 1. The molecule has 25 heavy (non-hydrogen) atoms. The molecule has 1 aliphatic heterocycles. The van der Waals surface area contributed by atoms with E-state index in [0.29, 0.717) is 17.3 Å². The van der Waals surface area contributed by atoms with Crippen LogP contribution in [0.25, 0.3) is 5.69 Å². The van der Waals surface area contributed by atoms with Gasteiger partial charge in [0.05, 0.1) is 22.9 Å². The lowest BCUT2D eigenvalue weighted by molar-refractivity contribution is -0.119. The number of benzene rings is 1. The number of aromatic nitrogens is 2. The zero-order chi connectivity index (χ0) is 17.6. The molecule has 1 aromatic carbocycles. The van der Waals surface area contributed by atoms with Gasteiger partial charge < -0.3 is 5.32 Å². The van der Waals surface area contributed by atoms with Crippen molar-refractivity contribution < 1.29 is 9.00 Å². The van der Waals surface area contributed by atoms with Crippen LogP contribution < -0.4 is 5.32 Å². The van der Waals surface area contributed by atoms with Crippen molar-refractivity contribution in [1.82, 2.24) is 9.78 Å². The average molecular weight is 357 g/mol. The number of carbonyl (C=O) groups is 1. The second kappa shape index (κ2) is 6.41. The maximum atomic E-state index is 12.7. The van der Waals surface area contributed by atoms with E-state index in [1.54, 1.807) is 0 Å². The van der Waals surface area contributed by atoms with Crippen molar-refractivity contribution in [3.8, 4) is 5.69 Å². The van der Waals surface area contributed by atoms with Crippen LogP contribution in [0.2, 0.25) is 0 Å². The summed E-state index contributed by atoms with van der Waals surface area (Å²) in [7, 11) is -0.917. The highest BCUT2D eigenvalue weighted by Crippen LogP contribution is 2.34. The predicted molar refractivity (Wildman–Crippen MR) is 99.2 cm³/mol. The summed E-state index contributed by atoms with van der Waals surface area (Å²) >= 11 is 0. The third-order valence-corrected chi connectivity index (χ3v) is 6.65. The van der Waals surface area contributed by atoms with Crippen LogP contribution >= 0.6 is 0 Å². The normalized spacial score (nSPS) is 20.0. The molecule has 1 atom stereocenters. The van der Waals surface area contributed by atoms with Gasteiger partial charge in [-0.25, -0.2) is 4.68 Å². The first-order chi connectivity index (χ1) is 12.0. The van der Waals surface area contributed by atoms with E-state index in [1.165, 1.54) is 5.56 Å². The van der Waals surface area contributed by atoms with Gasteiger partial charge in [-0.05, 0) is 43.9 Å². The Balaban J connectivity index is 1.77. The fraction of sp³-hybridized carbons (Fsp3) is 0.474. The lowest BCUT2D eigenvalue weighted by Crippen LogP contribution is -2.23. The minimum atomic E-state index is -0.917. The van der Waals surface area contributed by atoms with Crippen molar-refractivity contribution in [1.29, 1.82) is 0 Å². The molecular weight excluding hydrogens is 334 g/mol. The summed E-state index contributed by atoms with van der Waals surface area (Å²) < 4.78 is 13.8. The van der Waals surface area contributed by atoms with Gasteiger partial charge in [0, 0.05) is 22.3 Å². The standard InChI is InChI=1S/C19H23N3O2S/c1-12-6-5-9-17(13(12)2)22-18(15-10-25(24)11-16(15)21-22)20-19(23)14-7-3-4-8-14/h5-6,9,14H,3-4,7-8,10-11H2,1-2H3,(H,20,23)/t25-/m1/s1. The molecule has 1 aliphatic carbocycles. The Hall–Kier alpha value is -1.95. The van der Waals surface area contributed by atoms with Crippen LogP contribution in [0.5, 0.6) is 0 Å². The number of amides is 1. The number of nitrogens with zero attached hydrogens (tertiary/aromatic N) is 2. The van der Waals surface area contributed by atoms with Crippen LogP contribution in [-0.4, -0.2) is 19.9 Å². The van der Waals surface area contributed by atoms with E-state index in [2.05, 4.69) is 25.2 Å². The highest BCUT2D eigenvalue weighted by molar-refractivity contribution is 7.83. The van der Waals surface area contributed by atoms with E-state index < -0.39 is 10.8 Å². The molecule has 6 heteroatoms. The van der Waals surface area contributed by atoms with Crippen LogP contribution in [-0.2, 0) is 27.1 Å². The zero-order valence-corrected chi connectivity index (χ0v) is 15.5. The SMILES string of the molecule is Cc1cccc(-n2nc3c(c2NC(=O)C2CCCC2)C[S@@](=O)C3)c1C. The lowest BCUT2D eigenvalue weighted by Gasteiger charge is -2.16. The number of hydrogen-bond acceptors (Lipinski definition) is 3. The maximum Gasteiger partial charge on any atom is 0.228 e. The van der Waals surface area contributed by atoms with E-state index >= 15 is 0 Å². The molecular formula is C19H23N3O2S. The third kappa shape index (κ3) is 2.92. The first-order valence-electron chi connectivity index (χ1n) is 8.88. The smallest absolute Gasteiger partial charge is 0.228 e. The Morgan fingerprint density at radius 2 is 2.00 bits per heavy atom. The van der Waals surface area contributed by atoms with Gasteiger partial charge in [-0.15, -0.1) is 0 Å². The molecule has 1 aromatic heterocycles. The summed E-state index contributed by atoms with van der Waals surface area (Å²) in [5.41, 5.74) is 5.08. The van der Waals surface area contributed by atoms with Gasteiger partial charge in [0.1, 0.15) is 5.82 Å². The Bertz CT molecular complexity index is 866. The Morgan fingerprint density at radius 3 is 2.76 bits per heavy atom. The molecule has 5 nitrogen and oxygen atoms in total. The van der Waals surface area contributed by atoms with Crippen molar-refractivity contribution in [2.24, 2.45) is 5.92 Å². The Kier molecular flexibility index (Phi) is 4.23. The summed E-state index contributed by atoms with van der Waals surface area (Å²) in [6.45, 7) is 4.14. The largest absolute Gasteiger partial charge is 0.310 e. The van der Waals surface area contributed by atoms with Crippen molar-refractivity contribution >= 4 is 22.5 Å². The van der Waals surface area contributed by atoms with Crippen LogP contribution in [0.4, 0.5) is 5.82 Å². The van der Waals surface area contributed by atoms with Crippen LogP contribution in [0.3, 0.4) is 0 Å². The van der Waals surface area contributed by atoms with Crippen molar-refractivity contribution in [2.45, 2.75) is 51.0 Å². The van der Waals surface area contributed by atoms with Crippen LogP contribution in [0.15, 0.2) is 18.2 Å². The van der Waals surface area contributed by atoms with Gasteiger partial charge in [0.2, 0.25) is 5.91 Å².